The maximum Gasteiger partial charge on any atom is 0.433 e. The molecule has 0 unspecified atom stereocenters. The Labute approximate surface area is 165 Å². The number of anilines is 3. The van der Waals surface area contributed by atoms with Crippen LogP contribution in [0.2, 0.25) is 5.15 Å². The van der Waals surface area contributed by atoms with Crippen LogP contribution in [0.1, 0.15) is 29.2 Å². The van der Waals surface area contributed by atoms with Gasteiger partial charge in [-0.05, 0) is 42.8 Å². The van der Waals surface area contributed by atoms with Crippen molar-refractivity contribution < 1.29 is 13.2 Å². The molecule has 2 N–H and O–H groups in total. The van der Waals surface area contributed by atoms with Crippen LogP contribution in [0.4, 0.5) is 30.2 Å². The van der Waals surface area contributed by atoms with E-state index >= 15 is 0 Å². The van der Waals surface area contributed by atoms with Crippen LogP contribution in [-0.2, 0) is 6.18 Å². The average molecular weight is 408 g/mol. The molecule has 2 aliphatic rings. The summed E-state index contributed by atoms with van der Waals surface area (Å²) in [5, 5.41) is 15.8. The predicted molar refractivity (Wildman–Crippen MR) is 101 cm³/mol. The monoisotopic (exact) mass is 407 g/mol. The molecule has 9 heteroatoms. The molecule has 1 aromatic heterocycles. The van der Waals surface area contributed by atoms with Gasteiger partial charge in [0.2, 0.25) is 0 Å². The largest absolute Gasteiger partial charge is 0.433 e. The molecule has 5 nitrogen and oxygen atoms in total. The third-order valence-corrected chi connectivity index (χ3v) is 5.66. The van der Waals surface area contributed by atoms with E-state index in [0.717, 1.165) is 36.8 Å². The molecule has 1 saturated heterocycles. The van der Waals surface area contributed by atoms with E-state index < -0.39 is 11.9 Å². The molecule has 28 heavy (non-hydrogen) atoms. The summed E-state index contributed by atoms with van der Waals surface area (Å²) in [5.74, 6) is 0.254. The van der Waals surface area contributed by atoms with Gasteiger partial charge in [0.15, 0.2) is 5.15 Å². The van der Waals surface area contributed by atoms with E-state index in [2.05, 4.69) is 26.6 Å². The Morgan fingerprint density at radius 2 is 2.14 bits per heavy atom. The topological polar surface area (TPSA) is 64.0 Å². The van der Waals surface area contributed by atoms with Gasteiger partial charge in [-0.1, -0.05) is 11.6 Å². The number of nitriles is 1. The third-order valence-electron chi connectivity index (χ3n) is 5.37. The molecule has 1 fully saturated rings. The zero-order valence-electron chi connectivity index (χ0n) is 14.9. The first-order chi connectivity index (χ1) is 13.3. The molecule has 0 amide bonds. The second-order valence-corrected chi connectivity index (χ2v) is 7.37. The lowest BCUT2D eigenvalue weighted by atomic mass is 9.89. The van der Waals surface area contributed by atoms with E-state index in [1.165, 1.54) is 6.07 Å². The molecule has 0 radical (unpaired) electrons. The van der Waals surface area contributed by atoms with E-state index in [4.69, 9.17) is 11.6 Å². The molecule has 0 saturated carbocycles. The minimum Gasteiger partial charge on any atom is -0.370 e. The highest BCUT2D eigenvalue weighted by molar-refractivity contribution is 6.32. The number of fused-ring (bicyclic) bond motifs is 3. The summed E-state index contributed by atoms with van der Waals surface area (Å²) >= 11 is 5.95. The van der Waals surface area contributed by atoms with Crippen LogP contribution in [0.25, 0.3) is 0 Å². The Kier molecular flexibility index (Phi) is 4.60. The fraction of sp³-hybridized carbons (Fsp3) is 0.368. The second kappa shape index (κ2) is 6.83. The van der Waals surface area contributed by atoms with E-state index in [1.807, 2.05) is 13.1 Å². The van der Waals surface area contributed by atoms with Crippen molar-refractivity contribution in [3.8, 4) is 6.07 Å². The number of rotatable bonds is 2. The van der Waals surface area contributed by atoms with Crippen molar-refractivity contribution in [3.63, 3.8) is 0 Å². The molecule has 0 spiro atoms. The van der Waals surface area contributed by atoms with Gasteiger partial charge in [0.05, 0.1) is 16.9 Å². The Hall–Kier alpha value is -2.50. The van der Waals surface area contributed by atoms with Crippen molar-refractivity contribution in [1.82, 2.24) is 10.3 Å². The Balaban J connectivity index is 1.70. The van der Waals surface area contributed by atoms with Crippen molar-refractivity contribution in [2.75, 3.05) is 30.4 Å². The van der Waals surface area contributed by atoms with Gasteiger partial charge in [-0.25, -0.2) is 4.98 Å². The number of aromatic nitrogens is 1. The number of hydrogen-bond acceptors (Lipinski definition) is 5. The van der Waals surface area contributed by atoms with Crippen LogP contribution in [0.3, 0.4) is 0 Å². The van der Waals surface area contributed by atoms with Gasteiger partial charge in [-0.3, -0.25) is 0 Å². The number of nitrogens with zero attached hydrogens (tertiary/aromatic N) is 3. The highest BCUT2D eigenvalue weighted by Crippen LogP contribution is 2.46. The van der Waals surface area contributed by atoms with Gasteiger partial charge >= 0.3 is 6.18 Å². The summed E-state index contributed by atoms with van der Waals surface area (Å²) in [5.41, 5.74) is 2.29. The molecule has 4 rings (SSSR count). The summed E-state index contributed by atoms with van der Waals surface area (Å²) in [6.45, 7) is 1.75. The SMILES string of the molecule is CN1c2c(C#N)cc(Nc3ccc(C(F)(F)F)nc3Cl)cc2[C@@H]2CNCC[C@@H]21. The lowest BCUT2D eigenvalue weighted by Gasteiger charge is -2.31. The molecule has 2 aliphatic heterocycles. The maximum absolute atomic E-state index is 12.8. The molecule has 0 aliphatic carbocycles. The first-order valence-electron chi connectivity index (χ1n) is 8.82. The molecule has 1 aromatic carbocycles. The fourth-order valence-electron chi connectivity index (χ4n) is 4.12. The lowest BCUT2D eigenvalue weighted by Crippen LogP contribution is -2.42. The van der Waals surface area contributed by atoms with Crippen molar-refractivity contribution >= 4 is 28.7 Å². The van der Waals surface area contributed by atoms with E-state index in [1.54, 1.807) is 6.07 Å². The smallest absolute Gasteiger partial charge is 0.370 e. The molecule has 3 heterocycles. The molecule has 146 valence electrons. The van der Waals surface area contributed by atoms with Crippen molar-refractivity contribution in [2.24, 2.45) is 0 Å². The van der Waals surface area contributed by atoms with Crippen molar-refractivity contribution in [3.05, 3.63) is 46.2 Å². The van der Waals surface area contributed by atoms with Crippen LogP contribution in [-0.4, -0.2) is 31.2 Å². The normalized spacial score (nSPS) is 21.1. The van der Waals surface area contributed by atoms with Gasteiger partial charge in [-0.15, -0.1) is 0 Å². The molecule has 2 aromatic rings. The molecule has 2 atom stereocenters. The number of halogens is 4. The van der Waals surface area contributed by atoms with Crippen LogP contribution < -0.4 is 15.5 Å². The quantitative estimate of drug-likeness (QED) is 0.728. The Morgan fingerprint density at radius 1 is 1.36 bits per heavy atom. The second-order valence-electron chi connectivity index (χ2n) is 7.01. The minimum atomic E-state index is -4.56. The highest BCUT2D eigenvalue weighted by atomic mass is 35.5. The number of likely N-dealkylation sites (N-methyl/N-ethyl adjacent to an activating group) is 1. The average Bonchev–Trinajstić information content (AvgIpc) is 2.95. The number of hydrogen-bond donors (Lipinski definition) is 2. The minimum absolute atomic E-state index is 0.253. The van der Waals surface area contributed by atoms with Gasteiger partial charge < -0.3 is 15.5 Å². The number of benzene rings is 1. The van der Waals surface area contributed by atoms with E-state index in [0.29, 0.717) is 17.3 Å². The molecular weight excluding hydrogens is 391 g/mol. The van der Waals surface area contributed by atoms with Gasteiger partial charge in [-0.2, -0.15) is 18.4 Å². The van der Waals surface area contributed by atoms with Crippen molar-refractivity contribution in [2.45, 2.75) is 24.6 Å². The summed E-state index contributed by atoms with van der Waals surface area (Å²) in [6, 6.07) is 8.32. The third kappa shape index (κ3) is 3.15. The number of piperidine rings is 1. The Bertz CT molecular complexity index is 969. The van der Waals surface area contributed by atoms with Crippen molar-refractivity contribution in [1.29, 1.82) is 5.26 Å². The predicted octanol–water partition coefficient (Wildman–Crippen LogP) is 4.26. The number of nitrogens with one attached hydrogen (secondary N) is 2. The molecular formula is C19H17ClF3N5. The summed E-state index contributed by atoms with van der Waals surface area (Å²) in [6.07, 6.45) is -3.57. The zero-order chi connectivity index (χ0) is 20.1. The van der Waals surface area contributed by atoms with E-state index in [9.17, 15) is 18.4 Å². The van der Waals surface area contributed by atoms with Crippen LogP contribution >= 0.6 is 11.6 Å². The summed E-state index contributed by atoms with van der Waals surface area (Å²) in [7, 11) is 2.00. The lowest BCUT2D eigenvalue weighted by molar-refractivity contribution is -0.141. The molecule has 0 bridgehead atoms. The van der Waals surface area contributed by atoms with Crippen LogP contribution in [0.5, 0.6) is 0 Å². The first-order valence-corrected chi connectivity index (χ1v) is 9.19. The number of alkyl halides is 3. The highest BCUT2D eigenvalue weighted by Gasteiger charge is 2.39. The van der Waals surface area contributed by atoms with Gasteiger partial charge in [0.25, 0.3) is 0 Å². The van der Waals surface area contributed by atoms with Gasteiger partial charge in [0, 0.05) is 31.2 Å². The maximum atomic E-state index is 12.8. The fourth-order valence-corrected chi connectivity index (χ4v) is 4.32. The first kappa shape index (κ1) is 18.8. The Morgan fingerprint density at radius 3 is 2.82 bits per heavy atom. The van der Waals surface area contributed by atoms with Crippen LogP contribution in [0.15, 0.2) is 24.3 Å². The number of pyridine rings is 1. The van der Waals surface area contributed by atoms with Gasteiger partial charge in [0.1, 0.15) is 11.8 Å². The summed E-state index contributed by atoms with van der Waals surface area (Å²) in [4.78, 5) is 5.59. The zero-order valence-corrected chi connectivity index (χ0v) is 15.7. The summed E-state index contributed by atoms with van der Waals surface area (Å²) < 4.78 is 38.3. The van der Waals surface area contributed by atoms with E-state index in [-0.39, 0.29) is 16.8 Å². The standard InChI is InChI=1S/C19H17ClF3N5/c1-28-15-4-5-25-9-13(15)12-7-11(6-10(8-24)17(12)28)26-14-2-3-16(19(21,22)23)27-18(14)20/h2-3,6-7,13,15,25-26H,4-5,9H2,1H3/t13-,15-/m0/s1. The van der Waals surface area contributed by atoms with Crippen LogP contribution in [0, 0.1) is 11.3 Å².